The molecule has 0 bridgehead atoms. The van der Waals surface area contributed by atoms with Gasteiger partial charge in [-0.3, -0.25) is 9.78 Å². The van der Waals surface area contributed by atoms with Gasteiger partial charge in [0.1, 0.15) is 5.75 Å². The molecule has 3 aromatic rings. The van der Waals surface area contributed by atoms with Crippen molar-refractivity contribution < 1.29 is 17.9 Å². The minimum Gasteiger partial charge on any atom is -0.497 e. The van der Waals surface area contributed by atoms with Gasteiger partial charge in [0.05, 0.1) is 23.2 Å². The SMILES string of the molecule is COc1ccc(S(=O)(=O)N2CCC(C(=O)Nc3cccc4ncccc34)CC2)cc1. The highest BCUT2D eigenvalue weighted by Gasteiger charge is 2.32. The summed E-state index contributed by atoms with van der Waals surface area (Å²) in [5.41, 5.74) is 1.54. The number of hydrogen-bond donors (Lipinski definition) is 1. The monoisotopic (exact) mass is 425 g/mol. The zero-order valence-corrected chi connectivity index (χ0v) is 17.4. The fourth-order valence-electron chi connectivity index (χ4n) is 3.70. The van der Waals surface area contributed by atoms with Crippen molar-refractivity contribution in [2.24, 2.45) is 5.92 Å². The minimum absolute atomic E-state index is 0.0900. The van der Waals surface area contributed by atoms with Crippen molar-refractivity contribution in [3.63, 3.8) is 0 Å². The van der Waals surface area contributed by atoms with E-state index in [1.807, 2.05) is 30.3 Å². The summed E-state index contributed by atoms with van der Waals surface area (Å²) in [5.74, 6) is 0.278. The van der Waals surface area contributed by atoms with Crippen LogP contribution >= 0.6 is 0 Å². The maximum Gasteiger partial charge on any atom is 0.243 e. The Labute approximate surface area is 175 Å². The predicted molar refractivity (Wildman–Crippen MR) is 115 cm³/mol. The van der Waals surface area contributed by atoms with Crippen LogP contribution in [0.5, 0.6) is 5.75 Å². The Bertz CT molecular complexity index is 1150. The molecule has 0 spiro atoms. The van der Waals surface area contributed by atoms with E-state index in [0.29, 0.717) is 31.7 Å². The first-order valence-corrected chi connectivity index (χ1v) is 11.2. The van der Waals surface area contributed by atoms with E-state index in [1.54, 1.807) is 30.5 Å². The van der Waals surface area contributed by atoms with Gasteiger partial charge in [-0.25, -0.2) is 8.42 Å². The smallest absolute Gasteiger partial charge is 0.243 e. The lowest BCUT2D eigenvalue weighted by Gasteiger charge is -2.30. The summed E-state index contributed by atoms with van der Waals surface area (Å²) in [4.78, 5) is 17.3. The number of methoxy groups -OCH3 is 1. The van der Waals surface area contributed by atoms with Crippen molar-refractivity contribution in [3.8, 4) is 5.75 Å². The zero-order valence-electron chi connectivity index (χ0n) is 16.6. The molecule has 0 aliphatic carbocycles. The van der Waals surface area contributed by atoms with Crippen molar-refractivity contribution in [2.75, 3.05) is 25.5 Å². The molecule has 1 N–H and O–H groups in total. The van der Waals surface area contributed by atoms with Gasteiger partial charge in [-0.2, -0.15) is 4.31 Å². The Balaban J connectivity index is 1.41. The molecule has 156 valence electrons. The van der Waals surface area contributed by atoms with Crippen molar-refractivity contribution >= 4 is 32.5 Å². The van der Waals surface area contributed by atoms with E-state index < -0.39 is 10.0 Å². The Morgan fingerprint density at radius 1 is 1.07 bits per heavy atom. The van der Waals surface area contributed by atoms with Gasteiger partial charge < -0.3 is 10.1 Å². The second-order valence-electron chi connectivity index (χ2n) is 7.22. The molecule has 4 rings (SSSR count). The quantitative estimate of drug-likeness (QED) is 0.678. The molecule has 30 heavy (non-hydrogen) atoms. The van der Waals surface area contributed by atoms with E-state index in [-0.39, 0.29) is 16.7 Å². The number of carbonyl (C=O) groups is 1. The number of anilines is 1. The molecule has 7 nitrogen and oxygen atoms in total. The van der Waals surface area contributed by atoms with Crippen LogP contribution in [-0.4, -0.2) is 43.8 Å². The topological polar surface area (TPSA) is 88.6 Å². The van der Waals surface area contributed by atoms with Gasteiger partial charge in [-0.15, -0.1) is 0 Å². The van der Waals surface area contributed by atoms with E-state index >= 15 is 0 Å². The molecule has 1 aromatic heterocycles. The third kappa shape index (κ3) is 4.01. The molecule has 8 heteroatoms. The summed E-state index contributed by atoms with van der Waals surface area (Å²) >= 11 is 0. The first kappa shape index (κ1) is 20.3. The van der Waals surface area contributed by atoms with Gasteiger partial charge >= 0.3 is 0 Å². The van der Waals surface area contributed by atoms with Crippen LogP contribution in [0, 0.1) is 5.92 Å². The Hall–Kier alpha value is -2.97. The van der Waals surface area contributed by atoms with Crippen LogP contribution in [0.4, 0.5) is 5.69 Å². The van der Waals surface area contributed by atoms with Crippen molar-refractivity contribution in [3.05, 3.63) is 60.8 Å². The van der Waals surface area contributed by atoms with Crippen molar-refractivity contribution in [1.29, 1.82) is 0 Å². The van der Waals surface area contributed by atoms with Crippen molar-refractivity contribution in [1.82, 2.24) is 9.29 Å². The highest BCUT2D eigenvalue weighted by Crippen LogP contribution is 2.27. The molecule has 1 fully saturated rings. The Morgan fingerprint density at radius 3 is 2.50 bits per heavy atom. The highest BCUT2D eigenvalue weighted by atomic mass is 32.2. The van der Waals surface area contributed by atoms with E-state index in [1.165, 1.54) is 11.4 Å². The molecule has 1 amide bonds. The van der Waals surface area contributed by atoms with Crippen molar-refractivity contribution in [2.45, 2.75) is 17.7 Å². The second-order valence-corrected chi connectivity index (χ2v) is 9.16. The van der Waals surface area contributed by atoms with Crippen LogP contribution < -0.4 is 10.1 Å². The summed E-state index contributed by atoms with van der Waals surface area (Å²) < 4.78 is 32.3. The third-order valence-electron chi connectivity index (χ3n) is 5.43. The fraction of sp³-hybridized carbons (Fsp3) is 0.273. The number of aromatic nitrogens is 1. The number of hydrogen-bond acceptors (Lipinski definition) is 5. The van der Waals surface area contributed by atoms with Crippen LogP contribution in [0.3, 0.4) is 0 Å². The summed E-state index contributed by atoms with van der Waals surface area (Å²) in [6, 6.07) is 15.7. The summed E-state index contributed by atoms with van der Waals surface area (Å²) in [6.45, 7) is 0.618. The summed E-state index contributed by atoms with van der Waals surface area (Å²) in [5, 5.41) is 3.87. The number of pyridine rings is 1. The summed E-state index contributed by atoms with van der Waals surface area (Å²) in [7, 11) is -2.05. The molecule has 0 radical (unpaired) electrons. The number of nitrogens with zero attached hydrogens (tertiary/aromatic N) is 2. The molecule has 2 aromatic carbocycles. The van der Waals surface area contributed by atoms with Crippen LogP contribution in [-0.2, 0) is 14.8 Å². The molecule has 0 atom stereocenters. The number of carbonyl (C=O) groups excluding carboxylic acids is 1. The van der Waals surface area contributed by atoms with E-state index in [9.17, 15) is 13.2 Å². The molecule has 0 saturated carbocycles. The fourth-order valence-corrected chi connectivity index (χ4v) is 5.17. The number of benzene rings is 2. The minimum atomic E-state index is -3.59. The maximum atomic E-state index is 12.9. The van der Waals surface area contributed by atoms with Crippen LogP contribution in [0.2, 0.25) is 0 Å². The third-order valence-corrected chi connectivity index (χ3v) is 7.34. The second kappa shape index (κ2) is 8.41. The van der Waals surface area contributed by atoms with Gasteiger partial charge in [0.25, 0.3) is 0 Å². The average molecular weight is 426 g/mol. The molecular weight excluding hydrogens is 402 g/mol. The molecule has 2 heterocycles. The van der Waals surface area contributed by atoms with Gasteiger partial charge in [-0.1, -0.05) is 6.07 Å². The number of sulfonamides is 1. The molecule has 0 unspecified atom stereocenters. The van der Waals surface area contributed by atoms with Crippen LogP contribution in [0.15, 0.2) is 65.7 Å². The van der Waals surface area contributed by atoms with E-state index in [0.717, 1.165) is 16.6 Å². The van der Waals surface area contributed by atoms with E-state index in [2.05, 4.69) is 10.3 Å². The zero-order chi connectivity index (χ0) is 21.1. The van der Waals surface area contributed by atoms with Crippen LogP contribution in [0.1, 0.15) is 12.8 Å². The molecular formula is C22H23N3O4S. The van der Waals surface area contributed by atoms with Gasteiger partial charge in [-0.05, 0) is 61.4 Å². The number of amides is 1. The first-order chi connectivity index (χ1) is 14.5. The standard InChI is InChI=1S/C22H23N3O4S/c1-29-17-7-9-18(10-8-17)30(27,28)25-14-11-16(12-15-25)22(26)24-21-6-2-5-20-19(21)4-3-13-23-20/h2-10,13,16H,11-12,14-15H2,1H3,(H,24,26). The highest BCUT2D eigenvalue weighted by molar-refractivity contribution is 7.89. The largest absolute Gasteiger partial charge is 0.497 e. The number of fused-ring (bicyclic) bond motifs is 1. The van der Waals surface area contributed by atoms with Gasteiger partial charge in [0.15, 0.2) is 0 Å². The molecule has 1 saturated heterocycles. The first-order valence-electron chi connectivity index (χ1n) is 9.78. The predicted octanol–water partition coefficient (Wildman–Crippen LogP) is 3.28. The Morgan fingerprint density at radius 2 is 1.80 bits per heavy atom. The lowest BCUT2D eigenvalue weighted by atomic mass is 9.97. The number of rotatable bonds is 5. The number of nitrogens with one attached hydrogen (secondary N) is 1. The summed E-state index contributed by atoms with van der Waals surface area (Å²) in [6.07, 6.45) is 2.67. The van der Waals surface area contributed by atoms with Gasteiger partial charge in [0, 0.05) is 30.6 Å². The lowest BCUT2D eigenvalue weighted by molar-refractivity contribution is -0.120. The Kier molecular flexibility index (Phi) is 5.69. The number of ether oxygens (including phenoxy) is 1. The van der Waals surface area contributed by atoms with Crippen LogP contribution in [0.25, 0.3) is 10.9 Å². The van der Waals surface area contributed by atoms with Gasteiger partial charge in [0.2, 0.25) is 15.9 Å². The average Bonchev–Trinajstić information content (AvgIpc) is 2.79. The normalized spacial score (nSPS) is 15.8. The lowest BCUT2D eigenvalue weighted by Crippen LogP contribution is -2.41. The van der Waals surface area contributed by atoms with E-state index in [4.69, 9.17) is 4.74 Å². The number of piperidine rings is 1. The molecule has 1 aliphatic heterocycles. The maximum absolute atomic E-state index is 12.9. The molecule has 1 aliphatic rings.